The van der Waals surface area contributed by atoms with Crippen molar-refractivity contribution >= 4 is 130 Å². The van der Waals surface area contributed by atoms with Crippen LogP contribution in [0, 0.1) is 0 Å². The number of H-pyrrole nitrogens is 2. The number of methoxy groups -OCH3 is 1. The smallest absolute Gasteiger partial charge is 0.274 e. The summed E-state index contributed by atoms with van der Waals surface area (Å²) in [5.41, 5.74) is 17.3. The maximum absolute atomic E-state index is 13.0. The Labute approximate surface area is 860 Å². The second-order valence-electron chi connectivity index (χ2n) is 35.0. The SMILES string of the molecule is COc1ccc(-c2nccc(C(=O)Nc3cnccc3N3CCNCC3)n2)cn1.O=C(Nc1cnccc1N1CCNCC1)c1ccnc(-c2cc3ccccc3[nH]2)n1.O=C(Nc1cnccc1N1CCNCC1)c1ccnc(-c2ccc3[nH]ccc3c2)n1.O=C(Nc1cnccc1N1CCNCC1)c1ccnc(-c2ccc3occc3c2)n1.O=C(Nc1cnccc1N1CCNCC1)c1ccnc(-c2cnc3ccccc3c2)n1. The molecule has 5 amide bonds. The van der Waals surface area contributed by atoms with Gasteiger partial charge in [0.25, 0.3) is 29.5 Å². The molecule has 20 heterocycles. The Hall–Kier alpha value is -18.8. The van der Waals surface area contributed by atoms with Crippen LogP contribution >= 0.6 is 0 Å². The van der Waals surface area contributed by atoms with Crippen molar-refractivity contribution in [1.29, 1.82) is 0 Å². The number of fused-ring (bicyclic) bond motifs is 4. The van der Waals surface area contributed by atoms with Crippen LogP contribution < -0.4 is 82.4 Å². The monoisotopic (exact) mass is 2000 g/mol. The van der Waals surface area contributed by atoms with E-state index in [-0.39, 0.29) is 40.9 Å². The molecule has 24 rings (SSSR count). The van der Waals surface area contributed by atoms with Crippen LogP contribution in [0.15, 0.2) is 304 Å². The summed E-state index contributed by atoms with van der Waals surface area (Å²) in [4.78, 5) is 156. The number of benzene rings is 4. The number of hydrogen-bond donors (Lipinski definition) is 12. The van der Waals surface area contributed by atoms with Gasteiger partial charge in [-0.3, -0.25) is 53.9 Å². The first-order valence-electron chi connectivity index (χ1n) is 49.0. The fourth-order valence-corrected chi connectivity index (χ4v) is 17.7. The number of pyridine rings is 7. The van der Waals surface area contributed by atoms with Crippen molar-refractivity contribution in [3.8, 4) is 62.9 Å². The molecule has 0 radical (unpaired) electrons. The molecule has 0 saturated carbocycles. The predicted molar refractivity (Wildman–Crippen MR) is 577 cm³/mol. The van der Waals surface area contributed by atoms with Gasteiger partial charge in [0.05, 0.1) is 112 Å². The molecule has 41 heteroatoms. The lowest BCUT2D eigenvalue weighted by atomic mass is 10.1. The number of piperazine rings is 5. The van der Waals surface area contributed by atoms with Crippen molar-refractivity contribution in [2.45, 2.75) is 0 Å². The molecule has 0 unspecified atom stereocenters. The number of aromatic amines is 2. The molecule has 19 aromatic rings. The molecule has 0 spiro atoms. The summed E-state index contributed by atoms with van der Waals surface area (Å²) >= 11 is 0. The van der Waals surface area contributed by atoms with Crippen molar-refractivity contribution in [1.82, 2.24) is 121 Å². The lowest BCUT2D eigenvalue weighted by Gasteiger charge is -2.30. The molecule has 0 bridgehead atoms. The molecule has 41 nitrogen and oxygen atoms in total. The molecule has 15 aromatic heterocycles. The van der Waals surface area contributed by atoms with Crippen LogP contribution in [0.25, 0.3) is 101 Å². The molecule has 752 valence electrons. The Bertz CT molecular complexity index is 7580. The molecular weight excluding hydrogens is 1900 g/mol. The van der Waals surface area contributed by atoms with Crippen LogP contribution in [0.3, 0.4) is 0 Å². The average molecular weight is 2000 g/mol. The fourth-order valence-electron chi connectivity index (χ4n) is 17.7. The third-order valence-corrected chi connectivity index (χ3v) is 25.3. The van der Waals surface area contributed by atoms with E-state index in [1.165, 1.54) is 0 Å². The number of nitrogens with zero attached hydrogens (tertiary/aromatic N) is 22. The maximum Gasteiger partial charge on any atom is 0.274 e. The number of aromatic nitrogens is 19. The van der Waals surface area contributed by atoms with E-state index in [0.717, 1.165) is 225 Å². The van der Waals surface area contributed by atoms with Gasteiger partial charge in [-0.05, 0) is 140 Å². The van der Waals surface area contributed by atoms with E-state index >= 15 is 0 Å². The Morgan fingerprint density at radius 3 is 1.05 bits per heavy atom. The van der Waals surface area contributed by atoms with Gasteiger partial charge in [-0.2, -0.15) is 0 Å². The first-order valence-corrected chi connectivity index (χ1v) is 49.0. The second kappa shape index (κ2) is 47.8. The molecule has 5 fully saturated rings. The summed E-state index contributed by atoms with van der Waals surface area (Å²) in [5.74, 6) is 1.35. The third-order valence-electron chi connectivity index (χ3n) is 25.3. The lowest BCUT2D eigenvalue weighted by Crippen LogP contribution is -2.43. The summed E-state index contributed by atoms with van der Waals surface area (Å²) in [6.45, 7) is 17.9. The zero-order chi connectivity index (χ0) is 102. The Morgan fingerprint density at radius 1 is 0.300 bits per heavy atom. The minimum Gasteiger partial charge on any atom is -0.481 e. The summed E-state index contributed by atoms with van der Waals surface area (Å²) < 4.78 is 10.4. The number of ether oxygens (including phenoxy) is 1. The number of carbonyl (C=O) groups excluding carboxylic acids is 5. The highest BCUT2D eigenvalue weighted by molar-refractivity contribution is 6.09. The first-order chi connectivity index (χ1) is 73.8. The van der Waals surface area contributed by atoms with E-state index in [1.54, 1.807) is 161 Å². The Balaban J connectivity index is 0.000000113. The van der Waals surface area contributed by atoms with Gasteiger partial charge in [0.2, 0.25) is 5.88 Å². The minimum absolute atomic E-state index is 0.265. The molecular formula is C109H104N34O7. The number of anilines is 10. The van der Waals surface area contributed by atoms with Crippen molar-refractivity contribution in [3.63, 3.8) is 0 Å². The van der Waals surface area contributed by atoms with E-state index < -0.39 is 0 Å². The van der Waals surface area contributed by atoms with Gasteiger partial charge in [-0.25, -0.2) is 54.8 Å². The van der Waals surface area contributed by atoms with E-state index in [9.17, 15) is 24.0 Å². The quantitative estimate of drug-likeness (QED) is 0.0318. The summed E-state index contributed by atoms with van der Waals surface area (Å²) in [5, 5.41) is 35.6. The molecule has 150 heavy (non-hydrogen) atoms. The molecule has 5 saturated heterocycles. The van der Waals surface area contributed by atoms with Gasteiger partial charge in [0.15, 0.2) is 29.1 Å². The predicted octanol–water partition coefficient (Wildman–Crippen LogP) is 12.7. The second-order valence-corrected chi connectivity index (χ2v) is 35.0. The highest BCUT2D eigenvalue weighted by atomic mass is 16.5. The lowest BCUT2D eigenvalue weighted by molar-refractivity contribution is 0.101. The number of amides is 5. The zero-order valence-corrected chi connectivity index (χ0v) is 81.6. The van der Waals surface area contributed by atoms with Crippen LogP contribution in [0.5, 0.6) is 5.88 Å². The molecule has 0 aliphatic carbocycles. The van der Waals surface area contributed by atoms with E-state index in [1.807, 2.05) is 146 Å². The highest BCUT2D eigenvalue weighted by Gasteiger charge is 2.27. The first kappa shape index (κ1) is 98.5. The molecule has 0 atom stereocenters. The Kier molecular flexibility index (Phi) is 31.4. The van der Waals surface area contributed by atoms with Crippen molar-refractivity contribution in [2.75, 3.05) is 189 Å². The minimum atomic E-state index is -0.320. The summed E-state index contributed by atoms with van der Waals surface area (Å²) in [6, 6.07) is 56.4. The largest absolute Gasteiger partial charge is 0.481 e. The van der Waals surface area contributed by atoms with Gasteiger partial charge >= 0.3 is 0 Å². The Morgan fingerprint density at radius 2 is 0.647 bits per heavy atom. The molecule has 4 aromatic carbocycles. The van der Waals surface area contributed by atoms with E-state index in [0.29, 0.717) is 86.1 Å². The van der Waals surface area contributed by atoms with Crippen LogP contribution in [0.2, 0.25) is 0 Å². The fraction of sp³-hybridized carbons (Fsp3) is 0.193. The number of nitrogens with one attached hydrogen (secondary N) is 12. The van der Waals surface area contributed by atoms with Crippen molar-refractivity contribution < 1.29 is 33.1 Å². The summed E-state index contributed by atoms with van der Waals surface area (Å²) in [6.07, 6.45) is 31.9. The molecule has 5 aliphatic rings. The van der Waals surface area contributed by atoms with Crippen LogP contribution in [0.1, 0.15) is 52.4 Å². The van der Waals surface area contributed by atoms with Crippen molar-refractivity contribution in [2.24, 2.45) is 0 Å². The number of hydrogen-bond acceptors (Lipinski definition) is 34. The topological polar surface area (TPSA) is 495 Å². The van der Waals surface area contributed by atoms with E-state index in [4.69, 9.17) is 9.15 Å². The van der Waals surface area contributed by atoms with Crippen LogP contribution in [-0.2, 0) is 0 Å². The molecule has 12 N–H and O–H groups in total. The van der Waals surface area contributed by atoms with Gasteiger partial charge in [-0.15, -0.1) is 0 Å². The number of rotatable bonds is 21. The standard InChI is InChI=1S/C23H21N7O.2C22H21N7O.C22H20N6O2.C20H21N7O2/c31-23(29-20-15-25-7-6-21(20)30-11-9-24-10-12-30)19-5-8-26-22(28-19)17-13-16-3-1-2-4-18(16)27-14-17;30-22(28-19-14-24-6-5-20(19)29-11-9-23-10-12-29)18-4-8-26-21(27-18)16-1-2-17-15(13-16)3-7-25-17;30-22(28-19-14-24-7-6-20(19)29-11-9-23-10-12-29)17-5-8-25-21(27-17)18-13-15-3-1-2-4-16(15)26-18;29-22(27-18-14-24-6-4-19(18)28-10-8-23-9-11-28)17-3-7-25-21(26-17)16-1-2-20-15(13-16)5-12-30-20;1-29-18-3-2-14(12-24-18)19-23-7-4-15(25-19)20(28)26-16-13-22-6-5-17(16)27-10-8-21-9-11-27/h1-8,13-15,24H,9-12H2,(H,29,31);1-8,13-14,23,25H,9-12H2,(H,28,30);1-8,13-14,23,26H,9-12H2,(H,28,30);1-7,12-14,23H,8-11H2,(H,27,29);2-7,12-13,21H,8-11H2,1H3,(H,26,28). The normalized spacial score (nSPS) is 14.0. The average Bonchev–Trinajstić information content (AvgIpc) is 1.47. The number of furan rings is 1. The van der Waals surface area contributed by atoms with Gasteiger partial charge in [0.1, 0.15) is 34.1 Å². The highest BCUT2D eigenvalue weighted by Crippen LogP contribution is 2.35. The zero-order valence-electron chi connectivity index (χ0n) is 81.6. The van der Waals surface area contributed by atoms with Gasteiger partial charge in [0, 0.05) is 272 Å². The summed E-state index contributed by atoms with van der Waals surface area (Å²) in [7, 11) is 1.55. The van der Waals surface area contributed by atoms with E-state index in [2.05, 4.69) is 172 Å². The third kappa shape index (κ3) is 24.4. The maximum atomic E-state index is 13.0. The number of para-hydroxylation sites is 2. The van der Waals surface area contributed by atoms with Crippen LogP contribution in [0.4, 0.5) is 56.9 Å². The van der Waals surface area contributed by atoms with Gasteiger partial charge in [-0.1, -0.05) is 36.4 Å². The number of carbonyl (C=O) groups is 5. The molecule has 5 aliphatic heterocycles. The van der Waals surface area contributed by atoms with Gasteiger partial charge < -0.3 is 96.8 Å². The van der Waals surface area contributed by atoms with Crippen LogP contribution in [-0.4, -0.2) is 262 Å². The van der Waals surface area contributed by atoms with Crippen molar-refractivity contribution in [3.05, 3.63) is 328 Å².